The Bertz CT molecular complexity index is 1160. The molecule has 0 radical (unpaired) electrons. The molecule has 14 nitrogen and oxygen atoms in total. The van der Waals surface area contributed by atoms with Crippen LogP contribution in [0.25, 0.3) is 11.2 Å². The maximum atomic E-state index is 12.1. The van der Waals surface area contributed by atoms with Crippen LogP contribution < -0.4 is 11.5 Å². The summed E-state index contributed by atoms with van der Waals surface area (Å²) in [5.41, 5.74) is 11.6. The number of alkyl halides is 3. The van der Waals surface area contributed by atoms with Gasteiger partial charge in [-0.15, -0.1) is 0 Å². The maximum absolute atomic E-state index is 12.1. The summed E-state index contributed by atoms with van der Waals surface area (Å²) >= 11 is 18.4. The van der Waals surface area contributed by atoms with E-state index in [0.717, 1.165) is 11.1 Å². The highest BCUT2D eigenvalue weighted by atomic mass is 35.6. The zero-order chi connectivity index (χ0) is 23.1. The molecule has 0 aromatic carbocycles. The number of carbonyl (C=O) groups is 1. The number of nitrogens with zero attached hydrogens (tertiary/aromatic N) is 8. The Kier molecular flexibility index (Phi) is 5.98. The SMILES string of the molecule is Cc1ncc([N+](=O)[O-])n1CCN(C(=O)O)C(n1cnc2c(N)nc(N)nc21)C(Cl)(Cl)Cl. The Morgan fingerprint density at radius 1 is 1.35 bits per heavy atom. The highest BCUT2D eigenvalue weighted by Gasteiger charge is 2.43. The van der Waals surface area contributed by atoms with Gasteiger partial charge in [-0.1, -0.05) is 34.8 Å². The highest BCUT2D eigenvalue weighted by Crippen LogP contribution is 2.42. The number of amides is 1. The quantitative estimate of drug-likeness (QED) is 0.259. The van der Waals surface area contributed by atoms with Crippen LogP contribution in [0.1, 0.15) is 12.0 Å². The minimum Gasteiger partial charge on any atom is -0.465 e. The average molecular weight is 494 g/mol. The number of imidazole rings is 2. The molecule has 3 aromatic rings. The number of nitrogen functional groups attached to an aromatic ring is 2. The zero-order valence-corrected chi connectivity index (χ0v) is 18.0. The molecule has 166 valence electrons. The van der Waals surface area contributed by atoms with Crippen molar-refractivity contribution in [2.45, 2.75) is 23.4 Å². The number of nitrogens with two attached hydrogens (primary N) is 2. The van der Waals surface area contributed by atoms with Gasteiger partial charge in [0.25, 0.3) is 0 Å². The number of aryl methyl sites for hydroxylation is 1. The van der Waals surface area contributed by atoms with E-state index in [1.54, 1.807) is 0 Å². The molecule has 31 heavy (non-hydrogen) atoms. The molecule has 0 aliphatic rings. The lowest BCUT2D eigenvalue weighted by Gasteiger charge is -2.34. The molecule has 3 heterocycles. The molecule has 17 heteroatoms. The van der Waals surface area contributed by atoms with Crippen molar-refractivity contribution in [2.24, 2.45) is 0 Å². The largest absolute Gasteiger partial charge is 0.465 e. The molecule has 1 amide bonds. The predicted octanol–water partition coefficient (Wildman–Crippen LogP) is 1.95. The van der Waals surface area contributed by atoms with Gasteiger partial charge in [0.2, 0.25) is 9.74 Å². The number of nitro groups is 1. The third-order valence-electron chi connectivity index (χ3n) is 4.35. The van der Waals surface area contributed by atoms with Crippen molar-refractivity contribution in [1.29, 1.82) is 0 Å². The third-order valence-corrected chi connectivity index (χ3v) is 4.93. The molecule has 1 atom stereocenters. The van der Waals surface area contributed by atoms with Crippen LogP contribution in [-0.2, 0) is 6.54 Å². The van der Waals surface area contributed by atoms with Crippen molar-refractivity contribution < 1.29 is 14.8 Å². The number of halogens is 3. The molecule has 0 saturated heterocycles. The van der Waals surface area contributed by atoms with E-state index >= 15 is 0 Å². The van der Waals surface area contributed by atoms with E-state index in [0.29, 0.717) is 5.82 Å². The molecule has 0 aliphatic heterocycles. The highest BCUT2D eigenvalue weighted by molar-refractivity contribution is 6.68. The number of aromatic nitrogens is 6. The van der Waals surface area contributed by atoms with Crippen LogP contribution in [0, 0.1) is 17.0 Å². The van der Waals surface area contributed by atoms with Crippen molar-refractivity contribution in [3.05, 3.63) is 28.5 Å². The Balaban J connectivity index is 2.06. The summed E-state index contributed by atoms with van der Waals surface area (Å²) < 4.78 is 0.214. The smallest absolute Gasteiger partial charge is 0.409 e. The van der Waals surface area contributed by atoms with Gasteiger partial charge in [0.05, 0.1) is 12.9 Å². The lowest BCUT2D eigenvalue weighted by molar-refractivity contribution is -0.392. The minimum atomic E-state index is -2.20. The topological polar surface area (TPSA) is 197 Å². The van der Waals surface area contributed by atoms with E-state index in [1.807, 2.05) is 0 Å². The lowest BCUT2D eigenvalue weighted by Crippen LogP contribution is -2.45. The monoisotopic (exact) mass is 492 g/mol. The van der Waals surface area contributed by atoms with Gasteiger partial charge in [-0.05, 0) is 4.92 Å². The van der Waals surface area contributed by atoms with E-state index in [1.165, 1.54) is 22.4 Å². The first-order chi connectivity index (χ1) is 14.4. The van der Waals surface area contributed by atoms with Gasteiger partial charge in [0, 0.05) is 6.92 Å². The van der Waals surface area contributed by atoms with Gasteiger partial charge in [-0.3, -0.25) is 9.47 Å². The average Bonchev–Trinajstić information content (AvgIpc) is 3.21. The van der Waals surface area contributed by atoms with E-state index in [4.69, 9.17) is 46.3 Å². The Labute approximate surface area is 188 Å². The minimum absolute atomic E-state index is 0.0392. The van der Waals surface area contributed by atoms with Crippen LogP contribution in [-0.4, -0.2) is 60.4 Å². The second-order valence-corrected chi connectivity index (χ2v) is 8.62. The number of fused-ring (bicyclic) bond motifs is 1. The first-order valence-electron chi connectivity index (χ1n) is 8.40. The van der Waals surface area contributed by atoms with Gasteiger partial charge < -0.3 is 26.7 Å². The van der Waals surface area contributed by atoms with Crippen LogP contribution in [0.4, 0.5) is 22.4 Å². The van der Waals surface area contributed by atoms with E-state index in [9.17, 15) is 20.0 Å². The molecule has 0 spiro atoms. The van der Waals surface area contributed by atoms with Crippen LogP contribution >= 0.6 is 34.8 Å². The Morgan fingerprint density at radius 2 is 2.03 bits per heavy atom. The fourth-order valence-corrected chi connectivity index (χ4v) is 3.70. The Hall–Kier alpha value is -3.10. The third kappa shape index (κ3) is 4.35. The second-order valence-electron chi connectivity index (χ2n) is 6.25. The molecule has 0 aliphatic carbocycles. The Morgan fingerprint density at radius 3 is 2.61 bits per heavy atom. The summed E-state index contributed by atoms with van der Waals surface area (Å²) in [6.45, 7) is 1.09. The molecule has 0 fully saturated rings. The van der Waals surface area contributed by atoms with Crippen molar-refractivity contribution in [2.75, 3.05) is 18.0 Å². The number of carboxylic acid groups (broad SMARTS) is 1. The summed E-state index contributed by atoms with van der Waals surface area (Å²) in [6, 6.07) is 0. The summed E-state index contributed by atoms with van der Waals surface area (Å²) in [6.07, 6.45) is -0.688. The van der Waals surface area contributed by atoms with Gasteiger partial charge >= 0.3 is 11.9 Å². The maximum Gasteiger partial charge on any atom is 0.409 e. The second kappa shape index (κ2) is 8.20. The standard InChI is InChI=1S/C14H15Cl3N10O4/c1-6-20-4-7(27(30)31)24(6)2-3-25(13(28)29)11(14(15,16)17)26-5-21-8-9(18)22-12(19)23-10(8)26/h4-5,11H,2-3H2,1H3,(H,28,29)(H4,18,19,22,23). The van der Waals surface area contributed by atoms with Gasteiger partial charge in [-0.2, -0.15) is 9.97 Å². The van der Waals surface area contributed by atoms with Crippen molar-refractivity contribution in [3.8, 4) is 0 Å². The van der Waals surface area contributed by atoms with E-state index in [-0.39, 0.29) is 41.8 Å². The normalized spacial score (nSPS) is 12.8. The molecular formula is C14H15Cl3N10O4. The number of anilines is 2. The number of hydrogen-bond acceptors (Lipinski definition) is 9. The fourth-order valence-electron chi connectivity index (χ4n) is 3.03. The van der Waals surface area contributed by atoms with Crippen LogP contribution in [0.5, 0.6) is 0 Å². The number of rotatable bonds is 6. The molecule has 0 bridgehead atoms. The van der Waals surface area contributed by atoms with Crippen molar-refractivity contribution in [1.82, 2.24) is 34.0 Å². The van der Waals surface area contributed by atoms with Crippen LogP contribution in [0.2, 0.25) is 0 Å². The zero-order valence-electron chi connectivity index (χ0n) is 15.7. The molecule has 0 saturated carbocycles. The van der Waals surface area contributed by atoms with Crippen molar-refractivity contribution in [3.63, 3.8) is 0 Å². The van der Waals surface area contributed by atoms with Gasteiger partial charge in [0.15, 0.2) is 23.5 Å². The fraction of sp³-hybridized carbons (Fsp3) is 0.357. The summed E-state index contributed by atoms with van der Waals surface area (Å²) in [5.74, 6) is -0.240. The summed E-state index contributed by atoms with van der Waals surface area (Å²) in [5, 5.41) is 21.0. The van der Waals surface area contributed by atoms with E-state index in [2.05, 4.69) is 19.9 Å². The predicted molar refractivity (Wildman–Crippen MR) is 112 cm³/mol. The molecular weight excluding hydrogens is 479 g/mol. The summed E-state index contributed by atoms with van der Waals surface area (Å²) in [7, 11) is 0. The molecule has 3 rings (SSSR count). The molecule has 5 N–H and O–H groups in total. The van der Waals surface area contributed by atoms with E-state index < -0.39 is 21.0 Å². The number of hydrogen-bond donors (Lipinski definition) is 3. The first-order valence-corrected chi connectivity index (χ1v) is 9.53. The first kappa shape index (κ1) is 22.6. The summed E-state index contributed by atoms with van der Waals surface area (Å²) in [4.78, 5) is 39.2. The molecule has 1 unspecified atom stereocenters. The van der Waals surface area contributed by atoms with Gasteiger partial charge in [-0.25, -0.2) is 19.3 Å². The van der Waals surface area contributed by atoms with Gasteiger partial charge in [0.1, 0.15) is 18.3 Å². The molecule has 3 aromatic heterocycles. The van der Waals surface area contributed by atoms with Crippen LogP contribution in [0.3, 0.4) is 0 Å². The van der Waals surface area contributed by atoms with Crippen molar-refractivity contribution >= 4 is 69.6 Å². The van der Waals surface area contributed by atoms with Crippen LogP contribution in [0.15, 0.2) is 12.5 Å². The lowest BCUT2D eigenvalue weighted by atomic mass is 10.4.